The van der Waals surface area contributed by atoms with E-state index < -0.39 is 5.97 Å². The number of aryl methyl sites for hydroxylation is 1. The van der Waals surface area contributed by atoms with Crippen molar-refractivity contribution < 1.29 is 23.6 Å². The van der Waals surface area contributed by atoms with Gasteiger partial charge in [-0.2, -0.15) is 0 Å². The highest BCUT2D eigenvalue weighted by Gasteiger charge is 2.34. The van der Waals surface area contributed by atoms with E-state index in [1.54, 1.807) is 37.3 Å². The van der Waals surface area contributed by atoms with Gasteiger partial charge in [-0.3, -0.25) is 19.3 Å². The molecule has 7 heteroatoms. The van der Waals surface area contributed by atoms with Gasteiger partial charge in [0.2, 0.25) is 0 Å². The van der Waals surface area contributed by atoms with E-state index in [0.29, 0.717) is 29.0 Å². The second-order valence-corrected chi connectivity index (χ2v) is 5.51. The largest absolute Gasteiger partial charge is 0.457 e. The molecule has 0 aliphatic carbocycles. The van der Waals surface area contributed by atoms with Crippen LogP contribution in [0.2, 0.25) is 0 Å². The molecule has 1 aliphatic rings. The molecule has 1 aromatic carbocycles. The van der Waals surface area contributed by atoms with Crippen molar-refractivity contribution in [1.29, 1.82) is 0 Å². The maximum Gasteiger partial charge on any atom is 0.306 e. The van der Waals surface area contributed by atoms with Gasteiger partial charge >= 0.3 is 5.97 Å². The van der Waals surface area contributed by atoms with Crippen molar-refractivity contribution in [2.24, 2.45) is 0 Å². The maximum absolute atomic E-state index is 12.2. The third-order valence-electron chi connectivity index (χ3n) is 3.69. The van der Waals surface area contributed by atoms with Crippen LogP contribution in [0.4, 0.5) is 0 Å². The fourth-order valence-electron chi connectivity index (χ4n) is 2.53. The van der Waals surface area contributed by atoms with Crippen LogP contribution in [0, 0.1) is 6.92 Å². The first kappa shape index (κ1) is 15.9. The molecule has 0 fully saturated rings. The molecule has 3 rings (SSSR count). The van der Waals surface area contributed by atoms with Gasteiger partial charge in [-0.25, -0.2) is 0 Å². The molecule has 1 aliphatic heterocycles. The Kier molecular flexibility index (Phi) is 4.41. The first-order valence-electron chi connectivity index (χ1n) is 7.59. The number of rotatable bonds is 6. The Balaban J connectivity index is 1.46. The summed E-state index contributed by atoms with van der Waals surface area (Å²) in [6.45, 7) is 1.98. The summed E-state index contributed by atoms with van der Waals surface area (Å²) in [7, 11) is 0. The number of carbonyl (C=O) groups is 3. The van der Waals surface area contributed by atoms with Crippen molar-refractivity contribution in [3.63, 3.8) is 0 Å². The van der Waals surface area contributed by atoms with Crippen LogP contribution in [0.3, 0.4) is 0 Å². The number of nitrogens with zero attached hydrogens (tertiary/aromatic N) is 2. The standard InChI is InChI=1S/C17H16N2O5/c1-11-9-12(24-18-11)10-23-15(20)7-4-8-19-16(21)13-5-2-3-6-14(13)17(19)22/h2-3,5-6,9H,4,7-8,10H2,1H3. The van der Waals surface area contributed by atoms with E-state index >= 15 is 0 Å². The molecule has 124 valence electrons. The Labute approximate surface area is 138 Å². The van der Waals surface area contributed by atoms with Crippen LogP contribution in [0.5, 0.6) is 0 Å². The molecule has 24 heavy (non-hydrogen) atoms. The first-order chi connectivity index (χ1) is 11.6. The minimum Gasteiger partial charge on any atom is -0.457 e. The molecular weight excluding hydrogens is 312 g/mol. The number of hydrogen-bond donors (Lipinski definition) is 0. The topological polar surface area (TPSA) is 89.7 Å². The summed E-state index contributed by atoms with van der Waals surface area (Å²) in [6, 6.07) is 8.38. The fourth-order valence-corrected chi connectivity index (χ4v) is 2.53. The van der Waals surface area contributed by atoms with Crippen molar-refractivity contribution in [1.82, 2.24) is 10.1 Å². The SMILES string of the molecule is Cc1cc(COC(=O)CCCN2C(=O)c3ccccc3C2=O)on1. The van der Waals surface area contributed by atoms with E-state index in [9.17, 15) is 14.4 Å². The maximum atomic E-state index is 12.2. The number of benzene rings is 1. The lowest BCUT2D eigenvalue weighted by Gasteiger charge is -2.13. The summed E-state index contributed by atoms with van der Waals surface area (Å²) < 4.78 is 10.0. The molecule has 0 N–H and O–H groups in total. The van der Waals surface area contributed by atoms with E-state index in [4.69, 9.17) is 9.26 Å². The molecule has 0 saturated heterocycles. The molecule has 0 bridgehead atoms. The van der Waals surface area contributed by atoms with Gasteiger partial charge in [0.15, 0.2) is 12.4 Å². The van der Waals surface area contributed by atoms with Gasteiger partial charge in [0.25, 0.3) is 11.8 Å². The Bertz CT molecular complexity index is 761. The van der Waals surface area contributed by atoms with Crippen LogP contribution in [0.25, 0.3) is 0 Å². The third kappa shape index (κ3) is 3.19. The molecule has 0 spiro atoms. The number of ether oxygens (including phenoxy) is 1. The monoisotopic (exact) mass is 328 g/mol. The molecule has 2 aromatic rings. The molecule has 0 atom stereocenters. The number of fused-ring (bicyclic) bond motifs is 1. The zero-order valence-corrected chi connectivity index (χ0v) is 13.2. The van der Waals surface area contributed by atoms with E-state index in [0.717, 1.165) is 4.90 Å². The number of hydrogen-bond acceptors (Lipinski definition) is 6. The van der Waals surface area contributed by atoms with Gasteiger partial charge < -0.3 is 9.26 Å². The van der Waals surface area contributed by atoms with Crippen LogP contribution in [0.1, 0.15) is 45.0 Å². The van der Waals surface area contributed by atoms with Gasteiger partial charge in [0.05, 0.1) is 16.8 Å². The van der Waals surface area contributed by atoms with Crippen LogP contribution in [-0.2, 0) is 16.1 Å². The van der Waals surface area contributed by atoms with Gasteiger partial charge in [-0.1, -0.05) is 17.3 Å². The normalized spacial score (nSPS) is 13.3. The van der Waals surface area contributed by atoms with Crippen LogP contribution in [0.15, 0.2) is 34.9 Å². The smallest absolute Gasteiger partial charge is 0.306 e. The summed E-state index contributed by atoms with van der Waals surface area (Å²) in [4.78, 5) is 37.2. The number of amides is 2. The molecule has 0 unspecified atom stereocenters. The van der Waals surface area contributed by atoms with Gasteiger partial charge in [0.1, 0.15) is 0 Å². The van der Waals surface area contributed by atoms with Crippen LogP contribution < -0.4 is 0 Å². The highest BCUT2D eigenvalue weighted by molar-refractivity contribution is 6.21. The molecule has 2 heterocycles. The number of carbonyl (C=O) groups excluding carboxylic acids is 3. The molecule has 0 saturated carbocycles. The summed E-state index contributed by atoms with van der Waals surface area (Å²) >= 11 is 0. The van der Waals surface area contributed by atoms with Crippen molar-refractivity contribution in [3.8, 4) is 0 Å². The third-order valence-corrected chi connectivity index (χ3v) is 3.69. The average molecular weight is 328 g/mol. The molecule has 0 radical (unpaired) electrons. The minimum atomic E-state index is -0.416. The van der Waals surface area contributed by atoms with Crippen molar-refractivity contribution in [3.05, 3.63) is 52.9 Å². The number of imide groups is 1. The summed E-state index contributed by atoms with van der Waals surface area (Å²) in [5, 5.41) is 3.70. The highest BCUT2D eigenvalue weighted by atomic mass is 16.5. The molecule has 1 aromatic heterocycles. The van der Waals surface area contributed by atoms with Crippen molar-refractivity contribution in [2.75, 3.05) is 6.54 Å². The summed E-state index contributed by atoms with van der Waals surface area (Å²) in [5.41, 5.74) is 1.53. The van der Waals surface area contributed by atoms with Gasteiger partial charge in [-0.15, -0.1) is 0 Å². The first-order valence-corrected chi connectivity index (χ1v) is 7.59. The van der Waals surface area contributed by atoms with E-state index in [-0.39, 0.29) is 31.4 Å². The molecule has 2 amide bonds. The van der Waals surface area contributed by atoms with Crippen LogP contribution in [-0.4, -0.2) is 34.4 Å². The minimum absolute atomic E-state index is 0.0205. The predicted octanol–water partition coefficient (Wildman–Crippen LogP) is 2.10. The zero-order chi connectivity index (χ0) is 17.1. The average Bonchev–Trinajstić information content (AvgIpc) is 3.10. The molecule has 7 nitrogen and oxygen atoms in total. The number of esters is 1. The Morgan fingerprint density at radius 1 is 1.21 bits per heavy atom. The lowest BCUT2D eigenvalue weighted by molar-refractivity contribution is -0.145. The Hall–Kier alpha value is -2.96. The van der Waals surface area contributed by atoms with E-state index in [2.05, 4.69) is 5.16 Å². The number of aromatic nitrogens is 1. The highest BCUT2D eigenvalue weighted by Crippen LogP contribution is 2.22. The predicted molar refractivity (Wildman–Crippen MR) is 82.1 cm³/mol. The Morgan fingerprint density at radius 3 is 2.46 bits per heavy atom. The van der Waals surface area contributed by atoms with Gasteiger partial charge in [-0.05, 0) is 25.5 Å². The quantitative estimate of drug-likeness (QED) is 0.596. The second kappa shape index (κ2) is 6.66. The molecular formula is C17H16N2O5. The van der Waals surface area contributed by atoms with E-state index in [1.807, 2.05) is 0 Å². The van der Waals surface area contributed by atoms with E-state index in [1.165, 1.54) is 0 Å². The van der Waals surface area contributed by atoms with Crippen LogP contribution >= 0.6 is 0 Å². The van der Waals surface area contributed by atoms with Gasteiger partial charge in [0, 0.05) is 19.0 Å². The van der Waals surface area contributed by atoms with Crippen molar-refractivity contribution >= 4 is 17.8 Å². The fraction of sp³-hybridized carbons (Fsp3) is 0.294. The summed E-state index contributed by atoms with van der Waals surface area (Å²) in [6.07, 6.45) is 0.459. The Morgan fingerprint density at radius 2 is 1.88 bits per heavy atom. The lowest BCUT2D eigenvalue weighted by Crippen LogP contribution is -2.31. The van der Waals surface area contributed by atoms with Crippen molar-refractivity contribution in [2.45, 2.75) is 26.4 Å². The second-order valence-electron chi connectivity index (χ2n) is 5.51. The lowest BCUT2D eigenvalue weighted by atomic mass is 10.1. The zero-order valence-electron chi connectivity index (χ0n) is 13.2. The summed E-state index contributed by atoms with van der Waals surface area (Å²) in [5.74, 6) is -0.580.